The molecule has 0 saturated heterocycles. The van der Waals surface area contributed by atoms with Gasteiger partial charge in [0.25, 0.3) is 5.91 Å². The van der Waals surface area contributed by atoms with Crippen LogP contribution in [0.15, 0.2) is 66.7 Å². The number of amides is 1. The number of hydrogen-bond acceptors (Lipinski definition) is 3. The molecule has 4 nitrogen and oxygen atoms in total. The average molecular weight is 354 g/mol. The molecule has 0 unspecified atom stereocenters. The minimum Gasteiger partial charge on any atom is -0.508 e. The van der Waals surface area contributed by atoms with E-state index in [4.69, 9.17) is 11.6 Å². The first-order valence-corrected chi connectivity index (χ1v) is 8.00. The normalized spacial score (nSPS) is 10.5. The lowest BCUT2D eigenvalue weighted by Crippen LogP contribution is -2.26. The van der Waals surface area contributed by atoms with Crippen LogP contribution in [0.4, 0.5) is 5.69 Å². The summed E-state index contributed by atoms with van der Waals surface area (Å²) >= 11 is 6.35. The van der Waals surface area contributed by atoms with Crippen LogP contribution < -0.4 is 4.90 Å². The van der Waals surface area contributed by atoms with Crippen molar-refractivity contribution in [1.82, 2.24) is 0 Å². The predicted octanol–water partition coefficient (Wildman–Crippen LogP) is 4.69. The van der Waals surface area contributed by atoms with Gasteiger partial charge in [0.15, 0.2) is 0 Å². The zero-order chi connectivity index (χ0) is 18.0. The number of para-hydroxylation sites is 2. The molecular formula is C20H16ClNO3. The molecule has 3 rings (SSSR count). The minimum atomic E-state index is -0.277. The van der Waals surface area contributed by atoms with E-state index in [1.165, 1.54) is 11.0 Å². The van der Waals surface area contributed by atoms with E-state index in [2.05, 4.69) is 0 Å². The van der Waals surface area contributed by atoms with Crippen LogP contribution in [0.25, 0.3) is 11.1 Å². The zero-order valence-electron chi connectivity index (χ0n) is 13.5. The van der Waals surface area contributed by atoms with Gasteiger partial charge in [-0.2, -0.15) is 0 Å². The van der Waals surface area contributed by atoms with Gasteiger partial charge in [-0.15, -0.1) is 0 Å². The fourth-order valence-corrected chi connectivity index (χ4v) is 2.86. The van der Waals surface area contributed by atoms with Crippen molar-refractivity contribution in [1.29, 1.82) is 0 Å². The van der Waals surface area contributed by atoms with Gasteiger partial charge in [-0.25, -0.2) is 0 Å². The molecule has 0 radical (unpaired) electrons. The van der Waals surface area contributed by atoms with Crippen LogP contribution in [0.1, 0.15) is 10.4 Å². The van der Waals surface area contributed by atoms with Crippen LogP contribution in [-0.2, 0) is 0 Å². The van der Waals surface area contributed by atoms with Crippen LogP contribution >= 0.6 is 11.6 Å². The van der Waals surface area contributed by atoms with Crippen LogP contribution in [0.5, 0.6) is 11.5 Å². The molecule has 3 aromatic carbocycles. The lowest BCUT2D eigenvalue weighted by atomic mass is 10.0. The molecule has 0 heterocycles. The van der Waals surface area contributed by atoms with Crippen molar-refractivity contribution < 1.29 is 15.0 Å². The Kier molecular flexibility index (Phi) is 4.63. The number of rotatable bonds is 3. The molecule has 2 N–H and O–H groups in total. The molecule has 0 aliphatic heterocycles. The Morgan fingerprint density at radius 2 is 1.64 bits per heavy atom. The summed E-state index contributed by atoms with van der Waals surface area (Å²) in [6.07, 6.45) is 0. The average Bonchev–Trinajstić information content (AvgIpc) is 2.62. The smallest absolute Gasteiger partial charge is 0.258 e. The summed E-state index contributed by atoms with van der Waals surface area (Å²) in [7, 11) is 1.60. The number of phenols is 2. The second-order valence-electron chi connectivity index (χ2n) is 5.59. The SMILES string of the molecule is CN(C(=O)c1ccc(-c2ccc(O)cc2)c(Cl)c1)c1ccccc1O. The summed E-state index contributed by atoms with van der Waals surface area (Å²) in [5, 5.41) is 19.7. The van der Waals surface area contributed by atoms with Gasteiger partial charge in [0.1, 0.15) is 11.5 Å². The molecule has 3 aromatic rings. The van der Waals surface area contributed by atoms with Crippen LogP contribution in [-0.4, -0.2) is 23.2 Å². The Labute approximate surface area is 150 Å². The molecule has 126 valence electrons. The summed E-state index contributed by atoms with van der Waals surface area (Å²) < 4.78 is 0. The summed E-state index contributed by atoms with van der Waals surface area (Å²) in [6, 6.07) is 18.4. The van der Waals surface area contributed by atoms with Crippen molar-refractivity contribution >= 4 is 23.2 Å². The van der Waals surface area contributed by atoms with Crippen molar-refractivity contribution in [2.24, 2.45) is 0 Å². The Hall–Kier alpha value is -2.98. The van der Waals surface area contributed by atoms with Gasteiger partial charge < -0.3 is 15.1 Å². The Balaban J connectivity index is 1.91. The summed E-state index contributed by atoms with van der Waals surface area (Å²) in [4.78, 5) is 14.0. The van der Waals surface area contributed by atoms with Crippen LogP contribution in [0.3, 0.4) is 0 Å². The van der Waals surface area contributed by atoms with Gasteiger partial charge in [-0.05, 0) is 42.0 Å². The van der Waals surface area contributed by atoms with Gasteiger partial charge >= 0.3 is 0 Å². The van der Waals surface area contributed by atoms with E-state index in [0.717, 1.165) is 11.1 Å². The fraction of sp³-hybridized carbons (Fsp3) is 0.0500. The van der Waals surface area contributed by atoms with Crippen molar-refractivity contribution in [3.05, 3.63) is 77.3 Å². The van der Waals surface area contributed by atoms with Gasteiger partial charge in [0.2, 0.25) is 0 Å². The maximum absolute atomic E-state index is 12.7. The minimum absolute atomic E-state index is 0.0326. The first-order chi connectivity index (χ1) is 12.0. The highest BCUT2D eigenvalue weighted by Crippen LogP contribution is 2.31. The molecule has 0 saturated carbocycles. The number of benzene rings is 3. The standard InChI is InChI=1S/C20H16ClNO3/c1-22(18-4-2-3-5-19(18)24)20(25)14-8-11-16(17(21)12-14)13-6-9-15(23)10-7-13/h2-12,23-24H,1H3. The predicted molar refractivity (Wildman–Crippen MR) is 99.4 cm³/mol. The summed E-state index contributed by atoms with van der Waals surface area (Å²) in [6.45, 7) is 0. The highest BCUT2D eigenvalue weighted by Gasteiger charge is 2.17. The van der Waals surface area contributed by atoms with E-state index in [1.807, 2.05) is 0 Å². The maximum Gasteiger partial charge on any atom is 0.258 e. The first kappa shape index (κ1) is 16.9. The third-order valence-electron chi connectivity index (χ3n) is 3.94. The number of anilines is 1. The molecule has 0 aliphatic rings. The molecule has 1 amide bonds. The molecule has 0 spiro atoms. The number of phenolic OH excluding ortho intramolecular Hbond substituents is 2. The highest BCUT2D eigenvalue weighted by atomic mass is 35.5. The Morgan fingerprint density at radius 3 is 2.28 bits per heavy atom. The molecule has 5 heteroatoms. The Morgan fingerprint density at radius 1 is 0.960 bits per heavy atom. The van der Waals surface area contributed by atoms with Crippen LogP contribution in [0.2, 0.25) is 5.02 Å². The maximum atomic E-state index is 12.7. The number of halogens is 1. The van der Waals surface area contributed by atoms with E-state index in [9.17, 15) is 15.0 Å². The number of carbonyl (C=O) groups is 1. The fourth-order valence-electron chi connectivity index (χ4n) is 2.57. The summed E-state index contributed by atoms with van der Waals surface area (Å²) in [5.74, 6) is -0.0678. The van der Waals surface area contributed by atoms with Crippen LogP contribution in [0, 0.1) is 0 Å². The lowest BCUT2D eigenvalue weighted by molar-refractivity contribution is 0.0992. The molecule has 25 heavy (non-hydrogen) atoms. The van der Waals surface area contributed by atoms with Gasteiger partial charge in [0, 0.05) is 23.2 Å². The molecular weight excluding hydrogens is 338 g/mol. The van der Waals surface area contributed by atoms with E-state index >= 15 is 0 Å². The lowest BCUT2D eigenvalue weighted by Gasteiger charge is -2.19. The van der Waals surface area contributed by atoms with Gasteiger partial charge in [-0.1, -0.05) is 41.9 Å². The molecule has 0 aliphatic carbocycles. The second-order valence-corrected chi connectivity index (χ2v) is 6.00. The van der Waals surface area contributed by atoms with Gasteiger partial charge in [-0.3, -0.25) is 4.79 Å². The molecule has 0 aromatic heterocycles. The Bertz CT molecular complexity index is 922. The largest absolute Gasteiger partial charge is 0.508 e. The second kappa shape index (κ2) is 6.87. The third kappa shape index (κ3) is 3.44. The van der Waals surface area contributed by atoms with Crippen molar-refractivity contribution in [3.63, 3.8) is 0 Å². The van der Waals surface area contributed by atoms with Gasteiger partial charge in [0.05, 0.1) is 5.69 Å². The monoisotopic (exact) mass is 353 g/mol. The highest BCUT2D eigenvalue weighted by molar-refractivity contribution is 6.33. The van der Waals surface area contributed by atoms with E-state index < -0.39 is 0 Å². The van der Waals surface area contributed by atoms with Crippen molar-refractivity contribution in [3.8, 4) is 22.6 Å². The molecule has 0 atom stereocenters. The van der Waals surface area contributed by atoms with Crippen molar-refractivity contribution in [2.75, 3.05) is 11.9 Å². The topological polar surface area (TPSA) is 60.8 Å². The van der Waals surface area contributed by atoms with E-state index in [0.29, 0.717) is 16.3 Å². The number of nitrogens with zero attached hydrogens (tertiary/aromatic N) is 1. The van der Waals surface area contributed by atoms with E-state index in [-0.39, 0.29) is 17.4 Å². The number of aromatic hydroxyl groups is 2. The molecule has 0 fully saturated rings. The zero-order valence-corrected chi connectivity index (χ0v) is 14.2. The third-order valence-corrected chi connectivity index (χ3v) is 4.25. The van der Waals surface area contributed by atoms with E-state index in [1.54, 1.807) is 67.7 Å². The first-order valence-electron chi connectivity index (χ1n) is 7.62. The van der Waals surface area contributed by atoms with Crippen molar-refractivity contribution in [2.45, 2.75) is 0 Å². The number of hydrogen-bond donors (Lipinski definition) is 2. The quantitative estimate of drug-likeness (QED) is 0.717. The summed E-state index contributed by atoms with van der Waals surface area (Å²) in [5.41, 5.74) is 2.45. The number of carbonyl (C=O) groups excluding carboxylic acids is 1. The molecule has 0 bridgehead atoms.